The highest BCUT2D eigenvalue weighted by Gasteiger charge is 2.47. The minimum absolute atomic E-state index is 0.00987. The number of halogens is 4. The topological polar surface area (TPSA) is 143 Å². The van der Waals surface area contributed by atoms with E-state index in [1.165, 1.54) is 0 Å². The molecule has 220 valence electrons. The fourth-order valence-electron chi connectivity index (χ4n) is 5.37. The predicted molar refractivity (Wildman–Crippen MR) is 128 cm³/mol. The summed E-state index contributed by atoms with van der Waals surface area (Å²) in [5.41, 5.74) is -0.554. The lowest BCUT2D eigenvalue weighted by molar-refractivity contribution is -0.321. The van der Waals surface area contributed by atoms with Gasteiger partial charge in [-0.25, -0.2) is 4.39 Å². The van der Waals surface area contributed by atoms with Crippen molar-refractivity contribution >= 4 is 29.4 Å². The number of ketones is 1. The fourth-order valence-corrected chi connectivity index (χ4v) is 5.37. The maximum atomic E-state index is 14.1. The van der Waals surface area contributed by atoms with Crippen LogP contribution in [0.5, 0.6) is 0 Å². The zero-order valence-corrected chi connectivity index (χ0v) is 22.2. The van der Waals surface area contributed by atoms with Crippen LogP contribution in [-0.2, 0) is 28.7 Å². The van der Waals surface area contributed by atoms with E-state index in [2.05, 4.69) is 26.0 Å². The normalized spacial score (nSPS) is 28.0. The monoisotopic (exact) mass is 564 g/mol. The summed E-state index contributed by atoms with van der Waals surface area (Å²) in [7, 11) is 0. The number of carbonyl (C=O) groups excluding carboxylic acids is 5. The van der Waals surface area contributed by atoms with Crippen molar-refractivity contribution in [1.82, 2.24) is 21.3 Å². The van der Waals surface area contributed by atoms with Crippen LogP contribution in [-0.4, -0.2) is 73.2 Å². The average Bonchev–Trinajstić information content (AvgIpc) is 3.18. The maximum absolute atomic E-state index is 14.1. The van der Waals surface area contributed by atoms with E-state index in [-0.39, 0.29) is 31.1 Å². The van der Waals surface area contributed by atoms with Gasteiger partial charge in [-0.2, -0.15) is 0 Å². The lowest BCUT2D eigenvalue weighted by atomic mass is 9.62. The van der Waals surface area contributed by atoms with Crippen LogP contribution in [0.4, 0.5) is 17.6 Å². The molecular formula is C25H36F4N4O6. The van der Waals surface area contributed by atoms with Crippen LogP contribution < -0.4 is 21.3 Å². The van der Waals surface area contributed by atoms with Gasteiger partial charge in [-0.05, 0) is 55.8 Å². The van der Waals surface area contributed by atoms with E-state index in [0.717, 1.165) is 0 Å². The van der Waals surface area contributed by atoms with Gasteiger partial charge in [-0.15, -0.1) is 13.2 Å². The number of hydrogen-bond acceptors (Lipinski definition) is 6. The van der Waals surface area contributed by atoms with Crippen molar-refractivity contribution in [2.24, 2.45) is 23.2 Å². The van der Waals surface area contributed by atoms with Crippen LogP contribution >= 0.6 is 0 Å². The Kier molecular flexibility index (Phi) is 9.60. The van der Waals surface area contributed by atoms with Crippen molar-refractivity contribution in [3.8, 4) is 0 Å². The third-order valence-electron chi connectivity index (χ3n) is 7.50. The predicted octanol–water partition coefficient (Wildman–Crippen LogP) is 1.28. The number of nitrogens with one attached hydrogen (secondary N) is 4. The Labute approximate surface area is 223 Å². The number of fused-ring (bicyclic) bond motifs is 2. The van der Waals surface area contributed by atoms with Gasteiger partial charge in [0, 0.05) is 18.5 Å². The van der Waals surface area contributed by atoms with Gasteiger partial charge >= 0.3 is 18.2 Å². The zero-order valence-electron chi connectivity index (χ0n) is 22.2. The highest BCUT2D eigenvalue weighted by atomic mass is 19.4. The molecule has 2 bridgehead atoms. The first kappa shape index (κ1) is 30.8. The molecule has 4 rings (SSSR count). The summed E-state index contributed by atoms with van der Waals surface area (Å²) < 4.78 is 55.3. The van der Waals surface area contributed by atoms with E-state index in [1.54, 1.807) is 20.8 Å². The van der Waals surface area contributed by atoms with Gasteiger partial charge < -0.3 is 21.3 Å². The first-order valence-corrected chi connectivity index (χ1v) is 13.1. The van der Waals surface area contributed by atoms with Gasteiger partial charge in [0.05, 0.1) is 6.04 Å². The molecule has 1 heterocycles. The molecule has 4 fully saturated rings. The van der Waals surface area contributed by atoms with Gasteiger partial charge in [-0.3, -0.25) is 28.7 Å². The Hall–Kier alpha value is -2.77. The molecule has 3 saturated carbocycles. The summed E-state index contributed by atoms with van der Waals surface area (Å²) in [6, 6.07) is -3.32. The largest absolute Gasteiger partial charge is 0.522 e. The molecule has 0 aromatic heterocycles. The van der Waals surface area contributed by atoms with E-state index in [9.17, 15) is 41.5 Å². The molecule has 14 heteroatoms. The number of ether oxygens (including phenoxy) is 1. The third-order valence-corrected chi connectivity index (χ3v) is 7.50. The molecule has 1 aliphatic heterocycles. The Morgan fingerprint density at radius 3 is 2.21 bits per heavy atom. The number of amides is 4. The summed E-state index contributed by atoms with van der Waals surface area (Å²) in [5.74, 6) is -5.20. The highest BCUT2D eigenvalue weighted by Crippen LogP contribution is 2.47. The molecule has 3 aliphatic carbocycles. The number of hydrogen-bond donors (Lipinski definition) is 4. The average molecular weight is 565 g/mol. The number of Topliss-reactive ketones (excluding diaryl/α,β-unsaturated/α-hetero) is 1. The SMILES string of the molecule is CC(C)(C)C[C@H](NC(=O)C(=O)NC1CC(F)C2CC1C2)C(=O)N[C@@H](C[C@@H]1CCNC1=O)C(=O)COC(F)(F)F. The van der Waals surface area contributed by atoms with E-state index in [4.69, 9.17) is 0 Å². The summed E-state index contributed by atoms with van der Waals surface area (Å²) in [6.07, 6.45) is -4.68. The summed E-state index contributed by atoms with van der Waals surface area (Å²) in [4.78, 5) is 63.1. The van der Waals surface area contributed by atoms with Gasteiger partial charge in [-0.1, -0.05) is 20.8 Å². The van der Waals surface area contributed by atoms with E-state index < -0.39 is 78.0 Å². The van der Waals surface area contributed by atoms with Crippen molar-refractivity contribution in [2.45, 2.75) is 90.0 Å². The van der Waals surface area contributed by atoms with Gasteiger partial charge in [0.15, 0.2) is 5.78 Å². The fraction of sp³-hybridized carbons (Fsp3) is 0.800. The molecule has 5 atom stereocenters. The first-order chi connectivity index (χ1) is 18.0. The minimum Gasteiger partial charge on any atom is -0.356 e. The highest BCUT2D eigenvalue weighted by molar-refractivity contribution is 6.35. The standard InChI is InChI=1S/C25H36F4N4O6/c1-24(2,3)10-18(33-23(38)22(37)31-16-9-15(26)13-6-14(16)7-13)21(36)32-17(8-12-4-5-30-20(12)35)19(34)11-39-25(27,28)29/h12-18H,4-11H2,1-3H3,(H,30,35)(H,31,37)(H,32,36)(H,33,38)/t12-,13?,14?,15?,16?,17-,18-/m0/s1. The number of rotatable bonds is 10. The summed E-state index contributed by atoms with van der Waals surface area (Å²) in [5, 5.41) is 9.80. The van der Waals surface area contributed by atoms with Crippen LogP contribution in [0.1, 0.15) is 59.3 Å². The van der Waals surface area contributed by atoms with Crippen molar-refractivity contribution in [3.63, 3.8) is 0 Å². The lowest BCUT2D eigenvalue weighted by Crippen LogP contribution is -2.59. The molecular weight excluding hydrogens is 528 g/mol. The van der Waals surface area contributed by atoms with E-state index in [1.807, 2.05) is 0 Å². The number of carbonyl (C=O) groups is 5. The van der Waals surface area contributed by atoms with Crippen molar-refractivity contribution in [3.05, 3.63) is 0 Å². The van der Waals surface area contributed by atoms with Crippen LogP contribution in [0.2, 0.25) is 0 Å². The maximum Gasteiger partial charge on any atom is 0.522 e. The minimum atomic E-state index is -5.08. The zero-order chi connectivity index (χ0) is 29.1. The molecule has 4 N–H and O–H groups in total. The molecule has 10 nitrogen and oxygen atoms in total. The first-order valence-electron chi connectivity index (χ1n) is 13.1. The second-order valence-electron chi connectivity index (χ2n) is 11.9. The molecule has 2 unspecified atom stereocenters. The third kappa shape index (κ3) is 8.87. The van der Waals surface area contributed by atoms with Crippen LogP contribution in [0.25, 0.3) is 0 Å². The molecule has 0 aromatic carbocycles. The van der Waals surface area contributed by atoms with E-state index in [0.29, 0.717) is 25.8 Å². The van der Waals surface area contributed by atoms with Crippen molar-refractivity contribution < 1.29 is 46.3 Å². The Morgan fingerprint density at radius 2 is 1.67 bits per heavy atom. The van der Waals surface area contributed by atoms with Crippen molar-refractivity contribution in [2.75, 3.05) is 13.2 Å². The molecule has 39 heavy (non-hydrogen) atoms. The Balaban J connectivity index is 1.68. The van der Waals surface area contributed by atoms with E-state index >= 15 is 0 Å². The molecule has 0 spiro atoms. The van der Waals surface area contributed by atoms with Crippen LogP contribution in [0.3, 0.4) is 0 Å². The van der Waals surface area contributed by atoms with Crippen LogP contribution in [0.15, 0.2) is 0 Å². The summed E-state index contributed by atoms with van der Waals surface area (Å²) in [6.45, 7) is 4.23. The molecule has 4 amide bonds. The van der Waals surface area contributed by atoms with Gasteiger partial charge in [0.25, 0.3) is 0 Å². The van der Waals surface area contributed by atoms with Gasteiger partial charge in [0.1, 0.15) is 18.8 Å². The molecule has 4 aliphatic rings. The smallest absolute Gasteiger partial charge is 0.356 e. The second-order valence-corrected chi connectivity index (χ2v) is 11.9. The summed E-state index contributed by atoms with van der Waals surface area (Å²) >= 11 is 0. The molecule has 1 saturated heterocycles. The molecule has 0 radical (unpaired) electrons. The molecule has 0 aromatic rings. The Bertz CT molecular complexity index is 963. The lowest BCUT2D eigenvalue weighted by Gasteiger charge is -2.48. The van der Waals surface area contributed by atoms with Crippen LogP contribution in [0, 0.1) is 23.2 Å². The van der Waals surface area contributed by atoms with Gasteiger partial charge in [0.2, 0.25) is 11.8 Å². The van der Waals surface area contributed by atoms with Crippen molar-refractivity contribution in [1.29, 1.82) is 0 Å². The second kappa shape index (κ2) is 12.2. The Morgan fingerprint density at radius 1 is 1.00 bits per heavy atom. The number of alkyl halides is 4. The quantitative estimate of drug-likeness (QED) is 0.233.